The number of hydrogen-bond acceptors (Lipinski definition) is 4. The highest BCUT2D eigenvalue weighted by molar-refractivity contribution is 6.31. The van der Waals surface area contributed by atoms with Gasteiger partial charge in [-0.25, -0.2) is 0 Å². The lowest BCUT2D eigenvalue weighted by Crippen LogP contribution is -2.12. The van der Waals surface area contributed by atoms with Crippen LogP contribution in [0, 0.1) is 0 Å². The number of aliphatic hydroxyl groups is 1. The van der Waals surface area contributed by atoms with Crippen molar-refractivity contribution in [2.45, 2.75) is 6.10 Å². The van der Waals surface area contributed by atoms with Gasteiger partial charge in [0, 0.05) is 41.0 Å². The summed E-state index contributed by atoms with van der Waals surface area (Å²) in [6.07, 6.45) is -0.698. The third-order valence-corrected chi connectivity index (χ3v) is 3.46. The lowest BCUT2D eigenvalue weighted by molar-refractivity contribution is 0.191. The molecule has 0 aliphatic carbocycles. The number of rotatable bonds is 6. The van der Waals surface area contributed by atoms with Crippen molar-refractivity contribution in [1.29, 1.82) is 0 Å². The zero-order valence-electron chi connectivity index (χ0n) is 12.0. The molecular formula is C16H18ClNO3. The van der Waals surface area contributed by atoms with Crippen LogP contribution in [0.15, 0.2) is 42.5 Å². The van der Waals surface area contributed by atoms with Crippen molar-refractivity contribution in [2.75, 3.05) is 26.1 Å². The quantitative estimate of drug-likeness (QED) is 0.857. The molecule has 2 aromatic rings. The van der Waals surface area contributed by atoms with Gasteiger partial charge in [0.25, 0.3) is 0 Å². The topological polar surface area (TPSA) is 50.7 Å². The molecule has 0 aromatic heterocycles. The first-order chi connectivity index (χ1) is 10.1. The summed E-state index contributed by atoms with van der Waals surface area (Å²) >= 11 is 6.07. The van der Waals surface area contributed by atoms with Crippen LogP contribution in [0.5, 0.6) is 11.5 Å². The molecule has 4 nitrogen and oxygen atoms in total. The highest BCUT2D eigenvalue weighted by Gasteiger charge is 2.11. The fourth-order valence-electron chi connectivity index (χ4n) is 1.98. The minimum atomic E-state index is -0.698. The number of aliphatic hydroxyl groups excluding tert-OH is 1. The average molecular weight is 308 g/mol. The second kappa shape index (κ2) is 7.20. The Kier molecular flexibility index (Phi) is 5.31. The Bertz CT molecular complexity index is 582. The van der Waals surface area contributed by atoms with Crippen LogP contribution in [0.4, 0.5) is 5.69 Å². The molecule has 0 spiro atoms. The Labute approximate surface area is 129 Å². The Morgan fingerprint density at radius 2 is 1.71 bits per heavy atom. The zero-order chi connectivity index (χ0) is 15.2. The van der Waals surface area contributed by atoms with E-state index in [2.05, 4.69) is 5.32 Å². The van der Waals surface area contributed by atoms with Gasteiger partial charge in [-0.15, -0.1) is 0 Å². The van der Waals surface area contributed by atoms with Crippen LogP contribution in [0.2, 0.25) is 5.02 Å². The van der Waals surface area contributed by atoms with Gasteiger partial charge in [0.1, 0.15) is 11.5 Å². The van der Waals surface area contributed by atoms with Crippen LogP contribution in [0.1, 0.15) is 11.7 Å². The Morgan fingerprint density at radius 1 is 1.10 bits per heavy atom. The maximum absolute atomic E-state index is 10.2. The molecule has 2 aromatic carbocycles. The molecule has 0 aliphatic rings. The van der Waals surface area contributed by atoms with Crippen LogP contribution in [-0.4, -0.2) is 25.9 Å². The summed E-state index contributed by atoms with van der Waals surface area (Å²) in [6, 6.07) is 12.7. The number of nitrogens with one attached hydrogen (secondary N) is 1. The number of halogens is 1. The molecule has 0 saturated heterocycles. The average Bonchev–Trinajstić information content (AvgIpc) is 2.52. The molecule has 0 bridgehead atoms. The Morgan fingerprint density at radius 3 is 2.29 bits per heavy atom. The first-order valence-corrected chi connectivity index (χ1v) is 6.91. The van der Waals surface area contributed by atoms with E-state index in [1.165, 1.54) is 0 Å². The van der Waals surface area contributed by atoms with Crippen molar-refractivity contribution in [1.82, 2.24) is 0 Å². The number of ether oxygens (including phenoxy) is 2. The number of benzene rings is 2. The van der Waals surface area contributed by atoms with Crippen molar-refractivity contribution in [3.05, 3.63) is 53.1 Å². The molecule has 1 atom stereocenters. The molecule has 5 heteroatoms. The molecule has 1 unspecified atom stereocenters. The van der Waals surface area contributed by atoms with Crippen LogP contribution in [-0.2, 0) is 0 Å². The Balaban J connectivity index is 2.07. The van der Waals surface area contributed by atoms with Crippen molar-refractivity contribution >= 4 is 17.3 Å². The standard InChI is InChI=1S/C16H18ClNO3/c1-20-12-7-11(8-13(9-12)21-2)18-10-16(19)14-5-3-4-6-15(14)17/h3-9,16,18-19H,10H2,1-2H3. The predicted octanol–water partition coefficient (Wildman–Crippen LogP) is 3.50. The van der Waals surface area contributed by atoms with E-state index in [0.29, 0.717) is 28.6 Å². The summed E-state index contributed by atoms with van der Waals surface area (Å²) in [5.74, 6) is 1.37. The summed E-state index contributed by atoms with van der Waals surface area (Å²) in [6.45, 7) is 0.333. The number of anilines is 1. The molecule has 112 valence electrons. The van der Waals surface area contributed by atoms with E-state index in [9.17, 15) is 5.11 Å². The number of methoxy groups -OCH3 is 2. The van der Waals surface area contributed by atoms with Gasteiger partial charge in [0.05, 0.1) is 20.3 Å². The molecule has 0 fully saturated rings. The molecule has 0 saturated carbocycles. The maximum atomic E-state index is 10.2. The van der Waals surface area contributed by atoms with E-state index < -0.39 is 6.10 Å². The summed E-state index contributed by atoms with van der Waals surface area (Å²) in [5, 5.41) is 13.9. The molecule has 0 heterocycles. The minimum absolute atomic E-state index is 0.333. The molecule has 0 aliphatic heterocycles. The van der Waals surface area contributed by atoms with Crippen LogP contribution >= 0.6 is 11.6 Å². The molecule has 2 N–H and O–H groups in total. The normalized spacial score (nSPS) is 11.8. The third kappa shape index (κ3) is 4.03. The lowest BCUT2D eigenvalue weighted by atomic mass is 10.1. The molecule has 21 heavy (non-hydrogen) atoms. The van der Waals surface area contributed by atoms with Gasteiger partial charge in [-0.3, -0.25) is 0 Å². The summed E-state index contributed by atoms with van der Waals surface area (Å²) < 4.78 is 10.4. The third-order valence-electron chi connectivity index (χ3n) is 3.12. The van der Waals surface area contributed by atoms with Crippen molar-refractivity contribution in [3.63, 3.8) is 0 Å². The maximum Gasteiger partial charge on any atom is 0.124 e. The predicted molar refractivity (Wildman–Crippen MR) is 84.4 cm³/mol. The minimum Gasteiger partial charge on any atom is -0.497 e. The van der Waals surface area contributed by atoms with Gasteiger partial charge in [0.2, 0.25) is 0 Å². The van der Waals surface area contributed by atoms with Crippen molar-refractivity contribution < 1.29 is 14.6 Å². The zero-order valence-corrected chi connectivity index (χ0v) is 12.7. The fourth-order valence-corrected chi connectivity index (χ4v) is 2.24. The van der Waals surface area contributed by atoms with E-state index in [-0.39, 0.29) is 0 Å². The van der Waals surface area contributed by atoms with Crippen LogP contribution < -0.4 is 14.8 Å². The molecular weight excluding hydrogens is 290 g/mol. The second-order valence-electron chi connectivity index (χ2n) is 4.52. The van der Waals surface area contributed by atoms with Gasteiger partial charge < -0.3 is 19.9 Å². The van der Waals surface area contributed by atoms with E-state index in [4.69, 9.17) is 21.1 Å². The summed E-state index contributed by atoms with van der Waals surface area (Å²) in [4.78, 5) is 0. The lowest BCUT2D eigenvalue weighted by Gasteiger charge is -2.15. The summed E-state index contributed by atoms with van der Waals surface area (Å²) in [7, 11) is 3.19. The first kappa shape index (κ1) is 15.5. The molecule has 2 rings (SSSR count). The largest absolute Gasteiger partial charge is 0.497 e. The van der Waals surface area contributed by atoms with Crippen molar-refractivity contribution in [3.8, 4) is 11.5 Å². The van der Waals surface area contributed by atoms with E-state index in [1.807, 2.05) is 24.3 Å². The number of hydrogen-bond donors (Lipinski definition) is 2. The van der Waals surface area contributed by atoms with Crippen LogP contribution in [0.3, 0.4) is 0 Å². The highest BCUT2D eigenvalue weighted by atomic mass is 35.5. The molecule has 0 radical (unpaired) electrons. The summed E-state index contributed by atoms with van der Waals surface area (Å²) in [5.41, 5.74) is 1.50. The van der Waals surface area contributed by atoms with Gasteiger partial charge >= 0.3 is 0 Å². The van der Waals surface area contributed by atoms with Gasteiger partial charge in [-0.1, -0.05) is 29.8 Å². The van der Waals surface area contributed by atoms with Gasteiger partial charge in [0.15, 0.2) is 0 Å². The van der Waals surface area contributed by atoms with E-state index in [1.54, 1.807) is 32.4 Å². The fraction of sp³-hybridized carbons (Fsp3) is 0.250. The smallest absolute Gasteiger partial charge is 0.124 e. The van der Waals surface area contributed by atoms with Crippen LogP contribution in [0.25, 0.3) is 0 Å². The molecule has 0 amide bonds. The monoisotopic (exact) mass is 307 g/mol. The van der Waals surface area contributed by atoms with E-state index >= 15 is 0 Å². The first-order valence-electron chi connectivity index (χ1n) is 6.53. The SMILES string of the molecule is COc1cc(NCC(O)c2ccccc2Cl)cc(OC)c1. The van der Waals surface area contributed by atoms with Gasteiger partial charge in [-0.2, -0.15) is 0 Å². The highest BCUT2D eigenvalue weighted by Crippen LogP contribution is 2.27. The van der Waals surface area contributed by atoms with Gasteiger partial charge in [-0.05, 0) is 6.07 Å². The second-order valence-corrected chi connectivity index (χ2v) is 4.93. The van der Waals surface area contributed by atoms with Crippen molar-refractivity contribution in [2.24, 2.45) is 0 Å². The van der Waals surface area contributed by atoms with E-state index in [0.717, 1.165) is 5.69 Å². The Hall–Kier alpha value is -1.91.